The van der Waals surface area contributed by atoms with Crippen LogP contribution in [0.25, 0.3) is 105 Å². The molecule has 0 fully saturated rings. The molecule has 0 aliphatic heterocycles. The van der Waals surface area contributed by atoms with Crippen LogP contribution >= 0.6 is 0 Å². The lowest BCUT2D eigenvalue weighted by Gasteiger charge is -2.19. The van der Waals surface area contributed by atoms with Crippen LogP contribution in [0.15, 0.2) is 218 Å². The highest BCUT2D eigenvalue weighted by Gasteiger charge is 2.19. The Balaban J connectivity index is 1.09. The standard InChI is InChI=1S/C55H36N2/c1-3-15-37(16-4-1)43-33-44(38-17-5-2-6-18-38)35-45(34-43)54-49-23-11-9-21-47(49)53(48-22-10-12-24-50(48)54)40-27-29-41(30-28-40)55-56-51-25-13-14-26-52(51)57(55)46-32-31-39-19-7-8-20-42(39)36-46/h1-36H. The lowest BCUT2D eigenvalue weighted by molar-refractivity contribution is 1.11. The number of imidazole rings is 1. The summed E-state index contributed by atoms with van der Waals surface area (Å²) in [5.74, 6) is 0.926. The van der Waals surface area contributed by atoms with Crippen LogP contribution in [-0.4, -0.2) is 9.55 Å². The van der Waals surface area contributed by atoms with Crippen LogP contribution in [0.1, 0.15) is 0 Å². The third-order valence-corrected chi connectivity index (χ3v) is 11.4. The monoisotopic (exact) mass is 724 g/mol. The molecule has 0 aliphatic rings. The summed E-state index contributed by atoms with van der Waals surface area (Å²) < 4.78 is 2.30. The Kier molecular flexibility index (Phi) is 7.86. The zero-order valence-corrected chi connectivity index (χ0v) is 31.2. The maximum absolute atomic E-state index is 5.21. The van der Waals surface area contributed by atoms with Gasteiger partial charge in [0.05, 0.1) is 11.0 Å². The van der Waals surface area contributed by atoms with E-state index in [0.717, 1.165) is 28.1 Å². The van der Waals surface area contributed by atoms with E-state index < -0.39 is 0 Å². The number of fused-ring (bicyclic) bond motifs is 4. The third kappa shape index (κ3) is 5.70. The summed E-state index contributed by atoms with van der Waals surface area (Å²) in [6.45, 7) is 0. The maximum atomic E-state index is 5.21. The highest BCUT2D eigenvalue weighted by Crippen LogP contribution is 2.45. The van der Waals surface area contributed by atoms with Crippen LogP contribution in [0.3, 0.4) is 0 Å². The predicted molar refractivity (Wildman–Crippen MR) is 241 cm³/mol. The fourth-order valence-corrected chi connectivity index (χ4v) is 8.70. The van der Waals surface area contributed by atoms with Gasteiger partial charge in [0.1, 0.15) is 5.82 Å². The fraction of sp³-hybridized carbons (Fsp3) is 0. The van der Waals surface area contributed by atoms with Crippen LogP contribution in [0.4, 0.5) is 0 Å². The molecule has 2 nitrogen and oxygen atoms in total. The smallest absolute Gasteiger partial charge is 0.145 e. The molecule has 0 N–H and O–H groups in total. The summed E-state index contributed by atoms with van der Waals surface area (Å²) in [5.41, 5.74) is 13.9. The first-order valence-electron chi connectivity index (χ1n) is 19.5. The maximum Gasteiger partial charge on any atom is 0.145 e. The molecule has 0 unspecified atom stereocenters. The lowest BCUT2D eigenvalue weighted by Crippen LogP contribution is -1.98. The molecular weight excluding hydrogens is 689 g/mol. The molecule has 0 amide bonds. The first kappa shape index (κ1) is 32.8. The van der Waals surface area contributed by atoms with Gasteiger partial charge < -0.3 is 0 Å². The van der Waals surface area contributed by atoms with Crippen LogP contribution < -0.4 is 0 Å². The van der Waals surface area contributed by atoms with Gasteiger partial charge in [-0.25, -0.2) is 4.98 Å². The summed E-state index contributed by atoms with van der Waals surface area (Å²) in [7, 11) is 0. The molecule has 2 heteroatoms. The predicted octanol–water partition coefficient (Wildman–Crippen LogP) is 14.8. The quantitative estimate of drug-likeness (QED) is 0.156. The van der Waals surface area contributed by atoms with Gasteiger partial charge in [-0.1, -0.05) is 176 Å². The largest absolute Gasteiger partial charge is 0.292 e. The molecule has 0 spiro atoms. The molecule has 0 saturated carbocycles. The van der Waals surface area contributed by atoms with Crippen LogP contribution in [0.2, 0.25) is 0 Å². The first-order chi connectivity index (χ1) is 28.3. The average Bonchev–Trinajstić information content (AvgIpc) is 3.68. The molecule has 11 rings (SSSR count). The molecule has 1 heterocycles. The van der Waals surface area contributed by atoms with E-state index in [9.17, 15) is 0 Å². The zero-order valence-electron chi connectivity index (χ0n) is 31.2. The lowest BCUT2D eigenvalue weighted by atomic mass is 9.84. The molecule has 57 heavy (non-hydrogen) atoms. The minimum Gasteiger partial charge on any atom is -0.292 e. The minimum absolute atomic E-state index is 0.926. The van der Waals surface area contributed by atoms with Crippen LogP contribution in [-0.2, 0) is 0 Å². The van der Waals surface area contributed by atoms with E-state index in [1.807, 2.05) is 0 Å². The minimum atomic E-state index is 0.926. The van der Waals surface area contributed by atoms with Crippen molar-refractivity contribution in [2.75, 3.05) is 0 Å². The Morgan fingerprint density at radius 1 is 0.298 bits per heavy atom. The molecule has 0 bridgehead atoms. The van der Waals surface area contributed by atoms with Crippen molar-refractivity contribution in [1.82, 2.24) is 9.55 Å². The second-order valence-corrected chi connectivity index (χ2v) is 14.7. The summed E-state index contributed by atoms with van der Waals surface area (Å²) in [6.07, 6.45) is 0. The van der Waals surface area contributed by atoms with Gasteiger partial charge in [0.15, 0.2) is 0 Å². The molecule has 0 radical (unpaired) electrons. The summed E-state index contributed by atoms with van der Waals surface area (Å²) in [6, 6.07) is 79.0. The van der Waals surface area contributed by atoms with E-state index >= 15 is 0 Å². The van der Waals surface area contributed by atoms with Gasteiger partial charge in [0.25, 0.3) is 0 Å². The Bertz CT molecular complexity index is 3150. The highest BCUT2D eigenvalue weighted by atomic mass is 15.1. The van der Waals surface area contributed by atoms with E-state index in [2.05, 4.69) is 223 Å². The van der Waals surface area contributed by atoms with Gasteiger partial charge in [0.2, 0.25) is 0 Å². The van der Waals surface area contributed by atoms with E-state index in [-0.39, 0.29) is 0 Å². The molecular formula is C55H36N2. The number of aromatic nitrogens is 2. The topological polar surface area (TPSA) is 17.8 Å². The number of rotatable bonds is 6. The molecule has 0 saturated heterocycles. The van der Waals surface area contributed by atoms with Crippen molar-refractivity contribution in [1.29, 1.82) is 0 Å². The number of nitrogens with zero attached hydrogens (tertiary/aromatic N) is 2. The molecule has 10 aromatic carbocycles. The normalized spacial score (nSPS) is 11.5. The van der Waals surface area contributed by atoms with Crippen molar-refractivity contribution in [3.8, 4) is 61.6 Å². The van der Waals surface area contributed by atoms with Gasteiger partial charge in [0, 0.05) is 11.3 Å². The summed E-state index contributed by atoms with van der Waals surface area (Å²) in [4.78, 5) is 5.21. The van der Waals surface area contributed by atoms with Gasteiger partial charge in [-0.3, -0.25) is 4.57 Å². The van der Waals surface area contributed by atoms with Crippen LogP contribution in [0.5, 0.6) is 0 Å². The highest BCUT2D eigenvalue weighted by molar-refractivity contribution is 6.21. The summed E-state index contributed by atoms with van der Waals surface area (Å²) >= 11 is 0. The van der Waals surface area contributed by atoms with Crippen LogP contribution in [0, 0.1) is 0 Å². The average molecular weight is 725 g/mol. The molecule has 1 aromatic heterocycles. The van der Waals surface area contributed by atoms with Crippen molar-refractivity contribution >= 4 is 43.4 Å². The second-order valence-electron chi connectivity index (χ2n) is 14.7. The molecule has 0 aliphatic carbocycles. The second kappa shape index (κ2) is 13.6. The molecule has 266 valence electrons. The van der Waals surface area contributed by atoms with Crippen molar-refractivity contribution in [3.05, 3.63) is 218 Å². The van der Waals surface area contributed by atoms with Crippen molar-refractivity contribution in [3.63, 3.8) is 0 Å². The number of hydrogen-bond acceptors (Lipinski definition) is 1. The third-order valence-electron chi connectivity index (χ3n) is 11.4. The zero-order chi connectivity index (χ0) is 37.7. The van der Waals surface area contributed by atoms with Gasteiger partial charge in [-0.2, -0.15) is 0 Å². The van der Waals surface area contributed by atoms with Gasteiger partial charge in [-0.15, -0.1) is 0 Å². The summed E-state index contributed by atoms with van der Waals surface area (Å²) in [5, 5.41) is 7.36. The number of benzene rings is 10. The SMILES string of the molecule is c1ccc(-c2cc(-c3ccccc3)cc(-c3c4ccccc4c(-c4ccc(-c5nc6ccccc6n5-c5ccc6ccccc6c5)cc4)c4ccccc34)c2)cc1. The van der Waals surface area contributed by atoms with Gasteiger partial charge >= 0.3 is 0 Å². The molecule has 11 aromatic rings. The molecule has 0 atom stereocenters. The first-order valence-corrected chi connectivity index (χ1v) is 19.5. The number of para-hydroxylation sites is 2. The Morgan fingerprint density at radius 3 is 1.39 bits per heavy atom. The van der Waals surface area contributed by atoms with Gasteiger partial charge in [-0.05, 0) is 119 Å². The Morgan fingerprint density at radius 2 is 0.772 bits per heavy atom. The Labute approximate surface area is 331 Å². The van der Waals surface area contributed by atoms with Crippen molar-refractivity contribution < 1.29 is 0 Å². The van der Waals surface area contributed by atoms with E-state index in [4.69, 9.17) is 4.98 Å². The number of hydrogen-bond donors (Lipinski definition) is 0. The van der Waals surface area contributed by atoms with Crippen molar-refractivity contribution in [2.24, 2.45) is 0 Å². The van der Waals surface area contributed by atoms with E-state index in [1.165, 1.54) is 76.8 Å². The fourth-order valence-electron chi connectivity index (χ4n) is 8.70. The van der Waals surface area contributed by atoms with E-state index in [0.29, 0.717) is 0 Å². The van der Waals surface area contributed by atoms with Crippen molar-refractivity contribution in [2.45, 2.75) is 0 Å². The Hall–Kier alpha value is -7.55. The van der Waals surface area contributed by atoms with E-state index in [1.54, 1.807) is 0 Å².